The van der Waals surface area contributed by atoms with Crippen LogP contribution in [0.4, 0.5) is 5.69 Å². The van der Waals surface area contributed by atoms with Gasteiger partial charge in [-0.1, -0.05) is 32.0 Å². The minimum absolute atomic E-state index is 0.175. The quantitative estimate of drug-likeness (QED) is 0.821. The van der Waals surface area contributed by atoms with Gasteiger partial charge in [-0.3, -0.25) is 4.79 Å². The second kappa shape index (κ2) is 7.95. The van der Waals surface area contributed by atoms with Crippen LogP contribution in [0.25, 0.3) is 0 Å². The third-order valence-corrected chi connectivity index (χ3v) is 3.73. The fraction of sp³-hybridized carbons (Fsp3) is 0.562. The second-order valence-corrected chi connectivity index (χ2v) is 5.41. The van der Waals surface area contributed by atoms with Gasteiger partial charge in [0, 0.05) is 19.2 Å². The Kier molecular flexibility index (Phi) is 6.57. The van der Waals surface area contributed by atoms with Crippen molar-refractivity contribution in [1.82, 2.24) is 0 Å². The van der Waals surface area contributed by atoms with Crippen LogP contribution in [0.2, 0.25) is 0 Å². The summed E-state index contributed by atoms with van der Waals surface area (Å²) >= 11 is 0. The van der Waals surface area contributed by atoms with Gasteiger partial charge in [0.2, 0.25) is 5.91 Å². The number of rotatable bonds is 7. The van der Waals surface area contributed by atoms with Crippen LogP contribution in [-0.2, 0) is 4.79 Å². The molecule has 3 heteroatoms. The summed E-state index contributed by atoms with van der Waals surface area (Å²) in [4.78, 5) is 13.9. The van der Waals surface area contributed by atoms with E-state index in [4.69, 9.17) is 5.73 Å². The Morgan fingerprint density at radius 2 is 1.84 bits per heavy atom. The lowest BCUT2D eigenvalue weighted by atomic mass is 9.88. The fourth-order valence-electron chi connectivity index (χ4n) is 2.30. The summed E-state index contributed by atoms with van der Waals surface area (Å²) in [5, 5.41) is 0. The summed E-state index contributed by atoms with van der Waals surface area (Å²) in [5.41, 5.74) is 6.58. The van der Waals surface area contributed by atoms with Crippen LogP contribution in [0.15, 0.2) is 30.3 Å². The van der Waals surface area contributed by atoms with Crippen LogP contribution in [-0.4, -0.2) is 19.5 Å². The molecule has 0 heterocycles. The average Bonchev–Trinajstić information content (AvgIpc) is 2.42. The van der Waals surface area contributed by atoms with Gasteiger partial charge in [-0.2, -0.15) is 0 Å². The van der Waals surface area contributed by atoms with Gasteiger partial charge in [-0.05, 0) is 43.4 Å². The van der Waals surface area contributed by atoms with Gasteiger partial charge in [0.25, 0.3) is 0 Å². The highest BCUT2D eigenvalue weighted by Gasteiger charge is 2.16. The minimum Gasteiger partial charge on any atom is -0.330 e. The summed E-state index contributed by atoms with van der Waals surface area (Å²) in [6, 6.07) is 9.77. The van der Waals surface area contributed by atoms with Gasteiger partial charge in [0.1, 0.15) is 0 Å². The van der Waals surface area contributed by atoms with E-state index in [1.807, 2.05) is 37.4 Å². The van der Waals surface area contributed by atoms with Gasteiger partial charge in [0.15, 0.2) is 0 Å². The molecule has 0 spiro atoms. The molecular weight excluding hydrogens is 236 g/mol. The molecule has 0 bridgehead atoms. The van der Waals surface area contributed by atoms with E-state index in [-0.39, 0.29) is 5.91 Å². The normalized spacial score (nSPS) is 12.5. The van der Waals surface area contributed by atoms with E-state index in [0.717, 1.165) is 18.5 Å². The van der Waals surface area contributed by atoms with E-state index in [1.54, 1.807) is 4.90 Å². The van der Waals surface area contributed by atoms with Crippen LogP contribution >= 0.6 is 0 Å². The Morgan fingerprint density at radius 1 is 1.21 bits per heavy atom. The largest absolute Gasteiger partial charge is 0.330 e. The van der Waals surface area contributed by atoms with Crippen molar-refractivity contribution in [3.05, 3.63) is 30.3 Å². The number of hydrogen-bond acceptors (Lipinski definition) is 2. The molecule has 0 aliphatic carbocycles. The molecular formula is C16H26N2O. The molecule has 1 atom stereocenters. The Balaban J connectivity index is 2.50. The third-order valence-electron chi connectivity index (χ3n) is 3.73. The molecule has 1 aromatic carbocycles. The maximum absolute atomic E-state index is 12.2. The third kappa shape index (κ3) is 5.03. The summed E-state index contributed by atoms with van der Waals surface area (Å²) in [6.07, 6.45) is 2.51. The molecule has 0 saturated heterocycles. The minimum atomic E-state index is 0.175. The first kappa shape index (κ1) is 15.7. The Hall–Kier alpha value is -1.35. The standard InChI is InChI=1S/C16H26N2O/c1-13(2)14(11-12-17)9-10-16(19)18(3)15-7-5-4-6-8-15/h4-8,13-14H,9-12,17H2,1-3H3. The number of nitrogens with two attached hydrogens (primary N) is 1. The maximum atomic E-state index is 12.2. The van der Waals surface area contributed by atoms with E-state index in [9.17, 15) is 4.79 Å². The lowest BCUT2D eigenvalue weighted by molar-refractivity contribution is -0.118. The van der Waals surface area contributed by atoms with Crippen molar-refractivity contribution in [2.45, 2.75) is 33.1 Å². The van der Waals surface area contributed by atoms with Crippen LogP contribution in [0.3, 0.4) is 0 Å². The highest BCUT2D eigenvalue weighted by atomic mass is 16.2. The van der Waals surface area contributed by atoms with Crippen LogP contribution < -0.4 is 10.6 Å². The number of carbonyl (C=O) groups is 1. The van der Waals surface area contributed by atoms with E-state index < -0.39 is 0 Å². The molecule has 3 nitrogen and oxygen atoms in total. The number of hydrogen-bond donors (Lipinski definition) is 1. The molecule has 1 unspecified atom stereocenters. The van der Waals surface area contributed by atoms with Gasteiger partial charge in [0.05, 0.1) is 0 Å². The van der Waals surface area contributed by atoms with Gasteiger partial charge >= 0.3 is 0 Å². The fourth-order valence-corrected chi connectivity index (χ4v) is 2.30. The van der Waals surface area contributed by atoms with Gasteiger partial charge in [-0.25, -0.2) is 0 Å². The Morgan fingerprint density at radius 3 is 2.37 bits per heavy atom. The van der Waals surface area contributed by atoms with Gasteiger partial charge in [-0.15, -0.1) is 0 Å². The number of para-hydroxylation sites is 1. The van der Waals surface area contributed by atoms with Crippen LogP contribution in [0.5, 0.6) is 0 Å². The first-order valence-corrected chi connectivity index (χ1v) is 7.08. The molecule has 0 saturated carbocycles. The van der Waals surface area contributed by atoms with E-state index >= 15 is 0 Å². The first-order chi connectivity index (χ1) is 9.06. The van der Waals surface area contributed by atoms with Crippen molar-refractivity contribution in [2.75, 3.05) is 18.5 Å². The Labute approximate surface area is 116 Å². The smallest absolute Gasteiger partial charge is 0.226 e. The number of carbonyl (C=O) groups excluding carboxylic acids is 1. The molecule has 2 N–H and O–H groups in total. The monoisotopic (exact) mass is 262 g/mol. The van der Waals surface area contributed by atoms with Crippen LogP contribution in [0, 0.1) is 11.8 Å². The van der Waals surface area contributed by atoms with E-state index in [2.05, 4.69) is 13.8 Å². The number of anilines is 1. The van der Waals surface area contributed by atoms with Gasteiger partial charge < -0.3 is 10.6 Å². The molecule has 106 valence electrons. The number of benzene rings is 1. The number of amides is 1. The zero-order valence-electron chi connectivity index (χ0n) is 12.3. The molecule has 0 aliphatic rings. The molecule has 1 aromatic rings. The molecule has 0 aromatic heterocycles. The van der Waals surface area contributed by atoms with E-state index in [0.29, 0.717) is 24.8 Å². The molecule has 19 heavy (non-hydrogen) atoms. The zero-order valence-corrected chi connectivity index (χ0v) is 12.3. The Bertz CT molecular complexity index is 376. The highest BCUT2D eigenvalue weighted by molar-refractivity contribution is 5.92. The molecule has 0 fully saturated rings. The SMILES string of the molecule is CC(C)C(CCN)CCC(=O)N(C)c1ccccc1. The van der Waals surface area contributed by atoms with Crippen LogP contribution in [0.1, 0.15) is 33.1 Å². The van der Waals surface area contributed by atoms with Crippen molar-refractivity contribution in [2.24, 2.45) is 17.6 Å². The summed E-state index contributed by atoms with van der Waals surface area (Å²) in [5.74, 6) is 1.30. The summed E-state index contributed by atoms with van der Waals surface area (Å²) < 4.78 is 0. The molecule has 1 amide bonds. The first-order valence-electron chi connectivity index (χ1n) is 7.08. The summed E-state index contributed by atoms with van der Waals surface area (Å²) in [7, 11) is 1.84. The van der Waals surface area contributed by atoms with Crippen molar-refractivity contribution in [3.8, 4) is 0 Å². The lowest BCUT2D eigenvalue weighted by Crippen LogP contribution is -2.27. The average molecular weight is 262 g/mol. The topological polar surface area (TPSA) is 46.3 Å². The molecule has 0 aliphatic heterocycles. The maximum Gasteiger partial charge on any atom is 0.226 e. The predicted molar refractivity (Wildman–Crippen MR) is 81.1 cm³/mol. The highest BCUT2D eigenvalue weighted by Crippen LogP contribution is 2.21. The van der Waals surface area contributed by atoms with Crippen molar-refractivity contribution in [3.63, 3.8) is 0 Å². The van der Waals surface area contributed by atoms with Crippen molar-refractivity contribution >= 4 is 11.6 Å². The lowest BCUT2D eigenvalue weighted by Gasteiger charge is -2.22. The predicted octanol–water partition coefficient (Wildman–Crippen LogP) is 3.05. The van der Waals surface area contributed by atoms with Crippen molar-refractivity contribution < 1.29 is 4.79 Å². The molecule has 1 rings (SSSR count). The molecule has 0 radical (unpaired) electrons. The zero-order chi connectivity index (χ0) is 14.3. The van der Waals surface area contributed by atoms with E-state index in [1.165, 1.54) is 0 Å². The second-order valence-electron chi connectivity index (χ2n) is 5.41. The van der Waals surface area contributed by atoms with Crippen molar-refractivity contribution in [1.29, 1.82) is 0 Å². The number of nitrogens with zero attached hydrogens (tertiary/aromatic N) is 1. The summed E-state index contributed by atoms with van der Waals surface area (Å²) in [6.45, 7) is 5.10.